The first kappa shape index (κ1) is 22.1. The minimum Gasteiger partial charge on any atom is -0.395 e. The third-order valence-corrected chi connectivity index (χ3v) is 6.36. The molecule has 9 heteroatoms. The molecule has 0 aromatic carbocycles. The van der Waals surface area contributed by atoms with Crippen molar-refractivity contribution in [1.82, 2.24) is 29.7 Å². The number of pyridine rings is 2. The Balaban J connectivity index is 1.26. The van der Waals surface area contributed by atoms with Crippen LogP contribution in [0.3, 0.4) is 0 Å². The highest BCUT2D eigenvalue weighted by atomic mass is 16.3. The maximum Gasteiger partial charge on any atom is 0.228 e. The van der Waals surface area contributed by atoms with Crippen LogP contribution in [0.5, 0.6) is 0 Å². The van der Waals surface area contributed by atoms with Gasteiger partial charge in [-0.25, -0.2) is 15.0 Å². The lowest BCUT2D eigenvalue weighted by Crippen LogP contribution is -2.46. The van der Waals surface area contributed by atoms with Crippen LogP contribution in [0.4, 0.5) is 11.8 Å². The number of piperazine rings is 1. The number of nitrogens with zero attached hydrogens (tertiary/aromatic N) is 6. The summed E-state index contributed by atoms with van der Waals surface area (Å²) < 4.78 is 0. The highest BCUT2D eigenvalue weighted by Gasteiger charge is 2.29. The van der Waals surface area contributed by atoms with Crippen molar-refractivity contribution in [2.75, 3.05) is 44.6 Å². The molecule has 0 bridgehead atoms. The van der Waals surface area contributed by atoms with Gasteiger partial charge in [0.15, 0.2) is 0 Å². The third-order valence-electron chi connectivity index (χ3n) is 6.36. The number of rotatable bonds is 8. The van der Waals surface area contributed by atoms with Gasteiger partial charge in [0.1, 0.15) is 5.82 Å². The van der Waals surface area contributed by atoms with E-state index in [1.807, 2.05) is 18.3 Å². The van der Waals surface area contributed by atoms with E-state index in [0.29, 0.717) is 23.4 Å². The van der Waals surface area contributed by atoms with E-state index >= 15 is 0 Å². The zero-order chi connectivity index (χ0) is 22.8. The van der Waals surface area contributed by atoms with E-state index in [1.165, 1.54) is 5.56 Å². The average Bonchev–Trinajstić information content (AvgIpc) is 3.66. The van der Waals surface area contributed by atoms with Crippen molar-refractivity contribution in [2.24, 2.45) is 0 Å². The normalized spacial score (nSPS) is 18.5. The predicted molar refractivity (Wildman–Crippen MR) is 126 cm³/mol. The van der Waals surface area contributed by atoms with Gasteiger partial charge in [-0.15, -0.1) is 0 Å². The molecular weight excluding hydrogens is 418 g/mol. The number of anilines is 2. The molecule has 2 fully saturated rings. The molecule has 2 aliphatic rings. The van der Waals surface area contributed by atoms with Gasteiger partial charge in [0.05, 0.1) is 29.6 Å². The Morgan fingerprint density at radius 3 is 2.52 bits per heavy atom. The summed E-state index contributed by atoms with van der Waals surface area (Å²) in [5.74, 6) is 1.61. The van der Waals surface area contributed by atoms with E-state index < -0.39 is 6.10 Å². The minimum absolute atomic E-state index is 0.223. The third kappa shape index (κ3) is 5.27. The molecule has 1 aliphatic carbocycles. The van der Waals surface area contributed by atoms with Crippen LogP contribution in [0.15, 0.2) is 30.6 Å². The summed E-state index contributed by atoms with van der Waals surface area (Å²) in [6.45, 7) is 7.56. The van der Waals surface area contributed by atoms with Crippen LogP contribution < -0.4 is 5.32 Å². The fourth-order valence-corrected chi connectivity index (χ4v) is 4.28. The number of aromatic nitrogens is 4. The van der Waals surface area contributed by atoms with Crippen LogP contribution in [0, 0.1) is 0 Å². The van der Waals surface area contributed by atoms with Gasteiger partial charge >= 0.3 is 0 Å². The maximum absolute atomic E-state index is 9.98. The molecule has 33 heavy (non-hydrogen) atoms. The first-order valence-corrected chi connectivity index (χ1v) is 11.7. The van der Waals surface area contributed by atoms with Gasteiger partial charge in [-0.3, -0.25) is 14.8 Å². The Morgan fingerprint density at radius 2 is 1.85 bits per heavy atom. The summed E-state index contributed by atoms with van der Waals surface area (Å²) >= 11 is 0. The molecule has 1 saturated carbocycles. The van der Waals surface area contributed by atoms with Crippen molar-refractivity contribution in [3.8, 4) is 0 Å². The molecular formula is C24H31N7O2. The summed E-state index contributed by atoms with van der Waals surface area (Å²) in [5.41, 5.74) is 3.63. The van der Waals surface area contributed by atoms with E-state index in [2.05, 4.69) is 36.1 Å². The summed E-state index contributed by atoms with van der Waals surface area (Å²) in [5, 5.41) is 23.2. The molecule has 9 nitrogen and oxygen atoms in total. The van der Waals surface area contributed by atoms with Crippen molar-refractivity contribution in [1.29, 1.82) is 0 Å². The fraction of sp³-hybridized carbons (Fsp3) is 0.500. The number of fused-ring (bicyclic) bond motifs is 1. The molecule has 1 saturated heterocycles. The second-order valence-electron chi connectivity index (χ2n) is 9.03. The quantitative estimate of drug-likeness (QED) is 0.477. The SMILES string of the molecule is C[C@@H](O)c1cc2cnc(Nc3ccc(CN4CCN(CCO)CC4)cn3)nc2c(C2CC2)n1. The lowest BCUT2D eigenvalue weighted by Gasteiger charge is -2.34. The van der Waals surface area contributed by atoms with Crippen molar-refractivity contribution in [3.63, 3.8) is 0 Å². The van der Waals surface area contributed by atoms with Crippen LogP contribution in [0.2, 0.25) is 0 Å². The molecule has 1 aliphatic heterocycles. The smallest absolute Gasteiger partial charge is 0.228 e. The van der Waals surface area contributed by atoms with Crippen molar-refractivity contribution >= 4 is 22.7 Å². The van der Waals surface area contributed by atoms with Crippen LogP contribution in [-0.2, 0) is 6.54 Å². The number of hydrogen-bond acceptors (Lipinski definition) is 9. The van der Waals surface area contributed by atoms with E-state index in [4.69, 9.17) is 10.1 Å². The summed E-state index contributed by atoms with van der Waals surface area (Å²) in [7, 11) is 0. The molecule has 3 aromatic rings. The van der Waals surface area contributed by atoms with Crippen molar-refractivity contribution in [2.45, 2.75) is 38.3 Å². The van der Waals surface area contributed by atoms with Crippen LogP contribution >= 0.6 is 0 Å². The zero-order valence-corrected chi connectivity index (χ0v) is 19.0. The van der Waals surface area contributed by atoms with Gasteiger partial charge in [-0.1, -0.05) is 6.07 Å². The Hall–Kier alpha value is -2.72. The lowest BCUT2D eigenvalue weighted by atomic mass is 10.1. The van der Waals surface area contributed by atoms with Crippen molar-refractivity contribution < 1.29 is 10.2 Å². The number of hydrogen-bond donors (Lipinski definition) is 3. The first-order valence-electron chi connectivity index (χ1n) is 11.7. The van der Waals surface area contributed by atoms with Crippen LogP contribution in [-0.4, -0.2) is 79.3 Å². The van der Waals surface area contributed by atoms with E-state index in [0.717, 1.165) is 68.7 Å². The Bertz CT molecular complexity index is 1090. The topological polar surface area (TPSA) is 111 Å². The molecule has 0 amide bonds. The molecule has 1 atom stereocenters. The highest BCUT2D eigenvalue weighted by molar-refractivity contribution is 5.82. The second kappa shape index (κ2) is 9.64. The van der Waals surface area contributed by atoms with Gasteiger partial charge in [0.2, 0.25) is 5.95 Å². The molecule has 174 valence electrons. The molecule has 0 spiro atoms. The van der Waals surface area contributed by atoms with Crippen molar-refractivity contribution in [3.05, 3.63) is 47.5 Å². The average molecular weight is 450 g/mol. The van der Waals surface area contributed by atoms with E-state index in [-0.39, 0.29) is 6.61 Å². The number of β-amino-alcohol motifs (C(OH)–C–C–N with tert-alkyl or cyclic N) is 1. The molecule has 0 radical (unpaired) electrons. The van der Waals surface area contributed by atoms with Gasteiger partial charge in [-0.2, -0.15) is 0 Å². The number of aliphatic hydroxyl groups is 2. The molecule has 3 aromatic heterocycles. The number of aliphatic hydroxyl groups excluding tert-OH is 2. The molecule has 0 unspecified atom stereocenters. The van der Waals surface area contributed by atoms with Gasteiger partial charge in [0, 0.05) is 63.0 Å². The highest BCUT2D eigenvalue weighted by Crippen LogP contribution is 2.42. The van der Waals surface area contributed by atoms with Gasteiger partial charge < -0.3 is 15.5 Å². The minimum atomic E-state index is -0.614. The van der Waals surface area contributed by atoms with Gasteiger partial charge in [-0.05, 0) is 37.5 Å². The Labute approximate surface area is 193 Å². The summed E-state index contributed by atoms with van der Waals surface area (Å²) in [6.07, 6.45) is 5.29. The fourth-order valence-electron chi connectivity index (χ4n) is 4.28. The molecule has 5 rings (SSSR count). The largest absolute Gasteiger partial charge is 0.395 e. The summed E-state index contributed by atoms with van der Waals surface area (Å²) in [6, 6.07) is 5.91. The predicted octanol–water partition coefficient (Wildman–Crippen LogP) is 2.20. The lowest BCUT2D eigenvalue weighted by molar-refractivity contribution is 0.108. The maximum atomic E-state index is 9.98. The van der Waals surface area contributed by atoms with E-state index in [1.54, 1.807) is 13.1 Å². The Morgan fingerprint density at radius 1 is 1.06 bits per heavy atom. The standard InChI is InChI=1S/C24H31N7O2/c1-16(33)20-12-19-14-26-24(29-23(19)22(27-20)18-3-4-18)28-21-5-2-17(13-25-21)15-31-8-6-30(7-9-31)10-11-32/h2,5,12-14,16,18,32-33H,3-4,6-11,15H2,1H3,(H,25,26,28,29)/t16-/m1/s1. The molecule has 4 heterocycles. The monoisotopic (exact) mass is 449 g/mol. The van der Waals surface area contributed by atoms with E-state index in [9.17, 15) is 5.11 Å². The van der Waals surface area contributed by atoms with Crippen LogP contribution in [0.25, 0.3) is 10.9 Å². The second-order valence-corrected chi connectivity index (χ2v) is 9.03. The zero-order valence-electron chi connectivity index (χ0n) is 19.0. The first-order chi connectivity index (χ1) is 16.1. The summed E-state index contributed by atoms with van der Waals surface area (Å²) in [4.78, 5) is 23.2. The molecule has 3 N–H and O–H groups in total. The van der Waals surface area contributed by atoms with Crippen LogP contribution in [0.1, 0.15) is 48.7 Å². The van der Waals surface area contributed by atoms with Gasteiger partial charge in [0.25, 0.3) is 0 Å². The number of nitrogens with one attached hydrogen (secondary N) is 1. The Kier molecular flexibility index (Phi) is 6.45.